The van der Waals surface area contributed by atoms with Crippen molar-refractivity contribution in [2.24, 2.45) is 0 Å². The van der Waals surface area contributed by atoms with Gasteiger partial charge < -0.3 is 14.5 Å². The van der Waals surface area contributed by atoms with Crippen molar-refractivity contribution >= 4 is 17.3 Å². The molecule has 9 nitrogen and oxygen atoms in total. The summed E-state index contributed by atoms with van der Waals surface area (Å²) >= 11 is 0. The van der Waals surface area contributed by atoms with Crippen LogP contribution in [0.5, 0.6) is 11.5 Å². The molecule has 0 aliphatic heterocycles. The summed E-state index contributed by atoms with van der Waals surface area (Å²) in [6.45, 7) is 8.10. The lowest BCUT2D eigenvalue weighted by Crippen LogP contribution is -2.11. The van der Waals surface area contributed by atoms with Crippen LogP contribution in [0, 0.1) is 37.8 Å². The van der Waals surface area contributed by atoms with E-state index in [0.29, 0.717) is 18.1 Å². The number of carbonyl (C=O) groups is 1. The Balaban J connectivity index is 1.53. The van der Waals surface area contributed by atoms with Crippen molar-refractivity contribution in [2.45, 2.75) is 34.2 Å². The van der Waals surface area contributed by atoms with Gasteiger partial charge in [0.05, 0.1) is 28.9 Å². The van der Waals surface area contributed by atoms with Gasteiger partial charge in [-0.15, -0.1) is 0 Å². The standard InChI is InChI=1S/C25H24N4O5/c1-15-7-16(2)9-22(8-15)33-23-12-19(11-20(13-23)29(31)32)26-25(30)24-6-5-21(34-24)14-28-18(4)10-17(3)27-28/h5-13H,14H2,1-4H3,(H,26,30). The quantitative estimate of drug-likeness (QED) is 0.279. The summed E-state index contributed by atoms with van der Waals surface area (Å²) in [4.78, 5) is 23.7. The fourth-order valence-electron chi connectivity index (χ4n) is 3.71. The molecule has 1 amide bonds. The number of benzene rings is 2. The molecule has 0 aliphatic carbocycles. The Morgan fingerprint density at radius 1 is 1.03 bits per heavy atom. The maximum absolute atomic E-state index is 12.8. The fraction of sp³-hybridized carbons (Fsp3) is 0.200. The summed E-state index contributed by atoms with van der Waals surface area (Å²) in [5.74, 6) is 0.903. The summed E-state index contributed by atoms with van der Waals surface area (Å²) in [6.07, 6.45) is 0. The van der Waals surface area contributed by atoms with Crippen LogP contribution in [0.1, 0.15) is 38.8 Å². The van der Waals surface area contributed by atoms with E-state index in [4.69, 9.17) is 9.15 Å². The fourth-order valence-corrected chi connectivity index (χ4v) is 3.71. The monoisotopic (exact) mass is 460 g/mol. The molecular weight excluding hydrogens is 436 g/mol. The SMILES string of the molecule is Cc1cc(C)cc(Oc2cc(NC(=O)c3ccc(Cn4nc(C)cc4C)o3)cc([N+](=O)[O-])c2)c1. The van der Waals surface area contributed by atoms with E-state index in [1.54, 1.807) is 16.8 Å². The molecule has 0 bridgehead atoms. The maximum atomic E-state index is 12.8. The number of hydrogen-bond donors (Lipinski definition) is 1. The third-order valence-electron chi connectivity index (χ3n) is 5.09. The van der Waals surface area contributed by atoms with E-state index in [9.17, 15) is 14.9 Å². The average Bonchev–Trinajstić information content (AvgIpc) is 3.33. The zero-order valence-corrected chi connectivity index (χ0v) is 19.3. The molecule has 0 radical (unpaired) electrons. The Morgan fingerprint density at radius 3 is 2.38 bits per heavy atom. The van der Waals surface area contributed by atoms with Gasteiger partial charge in [-0.2, -0.15) is 5.10 Å². The third kappa shape index (κ3) is 5.32. The van der Waals surface area contributed by atoms with Crippen molar-refractivity contribution in [3.8, 4) is 11.5 Å². The molecule has 2 aromatic carbocycles. The zero-order chi connectivity index (χ0) is 24.4. The second-order valence-electron chi connectivity index (χ2n) is 8.20. The molecule has 174 valence electrons. The summed E-state index contributed by atoms with van der Waals surface area (Å²) < 4.78 is 13.3. The van der Waals surface area contributed by atoms with E-state index >= 15 is 0 Å². The first-order chi connectivity index (χ1) is 16.2. The van der Waals surface area contributed by atoms with Crippen LogP contribution in [0.15, 0.2) is 59.0 Å². The Bertz CT molecular complexity index is 1370. The Labute approximate surface area is 196 Å². The lowest BCUT2D eigenvalue weighted by molar-refractivity contribution is -0.384. The zero-order valence-electron chi connectivity index (χ0n) is 19.3. The minimum absolute atomic E-state index is 0.0832. The number of hydrogen-bond acceptors (Lipinski definition) is 6. The van der Waals surface area contributed by atoms with Crippen LogP contribution in [0.2, 0.25) is 0 Å². The van der Waals surface area contributed by atoms with E-state index < -0.39 is 10.8 Å². The Morgan fingerprint density at radius 2 is 1.74 bits per heavy atom. The maximum Gasteiger partial charge on any atom is 0.291 e. The summed E-state index contributed by atoms with van der Waals surface area (Å²) in [5.41, 5.74) is 3.89. The number of carbonyl (C=O) groups excluding carboxylic acids is 1. The summed E-state index contributed by atoms with van der Waals surface area (Å²) in [6, 6.07) is 15.0. The number of rotatable bonds is 7. The molecule has 2 aromatic heterocycles. The van der Waals surface area contributed by atoms with E-state index in [-0.39, 0.29) is 22.9 Å². The minimum Gasteiger partial charge on any atom is -0.457 e. The van der Waals surface area contributed by atoms with Crippen molar-refractivity contribution < 1.29 is 18.9 Å². The predicted octanol–water partition coefficient (Wildman–Crippen LogP) is 5.71. The first-order valence-corrected chi connectivity index (χ1v) is 10.6. The first kappa shape index (κ1) is 22.8. The number of nitrogens with zero attached hydrogens (tertiary/aromatic N) is 3. The molecule has 4 aromatic rings. The highest BCUT2D eigenvalue weighted by Gasteiger charge is 2.17. The largest absolute Gasteiger partial charge is 0.457 e. The lowest BCUT2D eigenvalue weighted by Gasteiger charge is -2.10. The van der Waals surface area contributed by atoms with Gasteiger partial charge >= 0.3 is 0 Å². The topological polar surface area (TPSA) is 112 Å². The van der Waals surface area contributed by atoms with Crippen molar-refractivity contribution in [3.63, 3.8) is 0 Å². The number of furan rings is 1. The molecule has 0 fully saturated rings. The molecule has 9 heteroatoms. The molecule has 0 aliphatic rings. The van der Waals surface area contributed by atoms with Gasteiger partial charge in [-0.3, -0.25) is 19.6 Å². The molecular formula is C25H24N4O5. The second kappa shape index (κ2) is 9.22. The van der Waals surface area contributed by atoms with E-state index in [2.05, 4.69) is 10.4 Å². The molecule has 0 spiro atoms. The lowest BCUT2D eigenvalue weighted by atomic mass is 10.1. The normalized spacial score (nSPS) is 10.8. The Kier molecular flexibility index (Phi) is 6.18. The van der Waals surface area contributed by atoms with E-state index in [1.807, 2.05) is 52.0 Å². The van der Waals surface area contributed by atoms with Gasteiger partial charge in [0, 0.05) is 17.8 Å². The summed E-state index contributed by atoms with van der Waals surface area (Å²) in [5, 5.41) is 18.5. The van der Waals surface area contributed by atoms with Gasteiger partial charge in [0.1, 0.15) is 17.3 Å². The van der Waals surface area contributed by atoms with Crippen LogP contribution in [-0.4, -0.2) is 20.6 Å². The van der Waals surface area contributed by atoms with Gasteiger partial charge in [-0.25, -0.2) is 0 Å². The number of nitrogens with one attached hydrogen (secondary N) is 1. The van der Waals surface area contributed by atoms with Crippen molar-refractivity contribution in [2.75, 3.05) is 5.32 Å². The first-order valence-electron chi connectivity index (χ1n) is 10.6. The molecule has 0 atom stereocenters. The van der Waals surface area contributed by atoms with Crippen LogP contribution in [-0.2, 0) is 6.54 Å². The number of amides is 1. The number of aromatic nitrogens is 2. The number of anilines is 1. The molecule has 0 unspecified atom stereocenters. The minimum atomic E-state index is -0.538. The van der Waals surface area contributed by atoms with Crippen LogP contribution in [0.3, 0.4) is 0 Å². The molecule has 2 heterocycles. The van der Waals surface area contributed by atoms with Crippen molar-refractivity contribution in [1.82, 2.24) is 9.78 Å². The van der Waals surface area contributed by atoms with Gasteiger partial charge in [0.2, 0.25) is 0 Å². The third-order valence-corrected chi connectivity index (χ3v) is 5.09. The second-order valence-corrected chi connectivity index (χ2v) is 8.20. The van der Waals surface area contributed by atoms with Crippen LogP contribution in [0.4, 0.5) is 11.4 Å². The van der Waals surface area contributed by atoms with Crippen molar-refractivity contribution in [1.29, 1.82) is 0 Å². The smallest absolute Gasteiger partial charge is 0.291 e. The highest BCUT2D eigenvalue weighted by atomic mass is 16.6. The Hall–Kier alpha value is -4.40. The number of nitro groups is 1. The van der Waals surface area contributed by atoms with Crippen LogP contribution in [0.25, 0.3) is 0 Å². The molecule has 4 rings (SSSR count). The predicted molar refractivity (Wildman–Crippen MR) is 127 cm³/mol. The number of aryl methyl sites for hydroxylation is 4. The molecule has 1 N–H and O–H groups in total. The highest BCUT2D eigenvalue weighted by Crippen LogP contribution is 2.31. The van der Waals surface area contributed by atoms with E-state index in [1.165, 1.54) is 18.2 Å². The molecule has 34 heavy (non-hydrogen) atoms. The van der Waals surface area contributed by atoms with Crippen LogP contribution >= 0.6 is 0 Å². The van der Waals surface area contributed by atoms with Gasteiger partial charge in [-0.05, 0) is 69.2 Å². The number of ether oxygens (including phenoxy) is 1. The number of nitro benzene ring substituents is 1. The summed E-state index contributed by atoms with van der Waals surface area (Å²) in [7, 11) is 0. The van der Waals surface area contributed by atoms with Gasteiger partial charge in [0.25, 0.3) is 11.6 Å². The molecule has 0 saturated heterocycles. The molecule has 0 saturated carbocycles. The highest BCUT2D eigenvalue weighted by molar-refractivity contribution is 6.02. The van der Waals surface area contributed by atoms with Gasteiger partial charge in [-0.1, -0.05) is 6.07 Å². The van der Waals surface area contributed by atoms with Crippen molar-refractivity contribution in [3.05, 3.63) is 98.7 Å². The number of non-ortho nitro benzene ring substituents is 1. The van der Waals surface area contributed by atoms with Crippen LogP contribution < -0.4 is 10.1 Å². The average molecular weight is 460 g/mol. The van der Waals surface area contributed by atoms with Gasteiger partial charge in [0.15, 0.2) is 5.76 Å². The van der Waals surface area contributed by atoms with E-state index in [0.717, 1.165) is 22.5 Å².